The zero-order valence-electron chi connectivity index (χ0n) is 10.6. The second kappa shape index (κ2) is 6.35. The molecule has 0 bridgehead atoms. The number of hydrogen-bond acceptors (Lipinski definition) is 4. The minimum atomic E-state index is -0.702. The van der Waals surface area contributed by atoms with Crippen molar-refractivity contribution in [2.24, 2.45) is 5.41 Å². The number of carbonyl (C=O) groups excluding carboxylic acids is 2. The summed E-state index contributed by atoms with van der Waals surface area (Å²) < 4.78 is 9.49. The standard InChI is InChI=1S/C11H21NO4/c1-6-7-16-9(13)8(11(2,3)4)12-10(14)15-5/h8H,6-7H2,1-5H3,(H,12,14). The third kappa shape index (κ3) is 5.00. The third-order valence-electron chi connectivity index (χ3n) is 2.00. The molecule has 0 fully saturated rings. The van der Waals surface area contributed by atoms with Crippen LogP contribution in [0, 0.1) is 5.41 Å². The highest BCUT2D eigenvalue weighted by Gasteiger charge is 2.34. The van der Waals surface area contributed by atoms with Crippen molar-refractivity contribution in [1.29, 1.82) is 0 Å². The van der Waals surface area contributed by atoms with Gasteiger partial charge in [-0.05, 0) is 11.8 Å². The summed E-state index contributed by atoms with van der Waals surface area (Å²) >= 11 is 0. The van der Waals surface area contributed by atoms with Crippen LogP contribution in [0.2, 0.25) is 0 Å². The summed E-state index contributed by atoms with van der Waals surface area (Å²) in [5.74, 6) is -0.431. The number of ether oxygens (including phenoxy) is 2. The normalized spacial score (nSPS) is 12.8. The second-order valence-electron chi connectivity index (χ2n) is 4.60. The first kappa shape index (κ1) is 14.7. The zero-order chi connectivity index (χ0) is 12.8. The van der Waals surface area contributed by atoms with Crippen LogP contribution in [0.15, 0.2) is 0 Å². The lowest BCUT2D eigenvalue weighted by Crippen LogP contribution is -2.49. The molecule has 0 aliphatic rings. The van der Waals surface area contributed by atoms with E-state index in [2.05, 4.69) is 10.1 Å². The van der Waals surface area contributed by atoms with Crippen molar-refractivity contribution in [3.63, 3.8) is 0 Å². The first-order valence-electron chi connectivity index (χ1n) is 5.34. The zero-order valence-corrected chi connectivity index (χ0v) is 10.6. The van der Waals surface area contributed by atoms with E-state index in [1.165, 1.54) is 7.11 Å². The van der Waals surface area contributed by atoms with Crippen molar-refractivity contribution in [2.75, 3.05) is 13.7 Å². The Morgan fingerprint density at radius 1 is 1.31 bits per heavy atom. The molecule has 0 aromatic heterocycles. The van der Waals surface area contributed by atoms with Crippen molar-refractivity contribution < 1.29 is 19.1 Å². The van der Waals surface area contributed by atoms with Crippen molar-refractivity contribution >= 4 is 12.1 Å². The lowest BCUT2D eigenvalue weighted by atomic mass is 9.87. The number of amides is 1. The van der Waals surface area contributed by atoms with Crippen LogP contribution < -0.4 is 5.32 Å². The predicted octanol–water partition coefficient (Wildman–Crippen LogP) is 1.71. The smallest absolute Gasteiger partial charge is 0.407 e. The maximum absolute atomic E-state index is 11.7. The van der Waals surface area contributed by atoms with Crippen molar-refractivity contribution in [3.05, 3.63) is 0 Å². The number of alkyl carbamates (subject to hydrolysis) is 1. The van der Waals surface area contributed by atoms with Gasteiger partial charge in [0.2, 0.25) is 0 Å². The second-order valence-corrected chi connectivity index (χ2v) is 4.60. The van der Waals surface area contributed by atoms with Gasteiger partial charge >= 0.3 is 12.1 Å². The number of methoxy groups -OCH3 is 1. The number of esters is 1. The molecule has 0 saturated carbocycles. The van der Waals surface area contributed by atoms with Gasteiger partial charge < -0.3 is 14.8 Å². The largest absolute Gasteiger partial charge is 0.464 e. The van der Waals surface area contributed by atoms with E-state index in [-0.39, 0.29) is 0 Å². The first-order valence-corrected chi connectivity index (χ1v) is 5.34. The van der Waals surface area contributed by atoms with Gasteiger partial charge in [-0.3, -0.25) is 0 Å². The fourth-order valence-electron chi connectivity index (χ4n) is 1.09. The summed E-state index contributed by atoms with van der Waals surface area (Å²) in [6.07, 6.45) is 0.120. The van der Waals surface area contributed by atoms with Crippen LogP contribution in [0.5, 0.6) is 0 Å². The molecule has 1 N–H and O–H groups in total. The lowest BCUT2D eigenvalue weighted by molar-refractivity contribution is -0.148. The first-order chi connectivity index (χ1) is 7.32. The predicted molar refractivity (Wildman–Crippen MR) is 60.0 cm³/mol. The molecule has 0 aliphatic carbocycles. The van der Waals surface area contributed by atoms with Crippen LogP contribution in [0.25, 0.3) is 0 Å². The number of hydrogen-bond donors (Lipinski definition) is 1. The molecule has 0 aromatic carbocycles. The monoisotopic (exact) mass is 231 g/mol. The van der Waals surface area contributed by atoms with Crippen LogP contribution in [0.1, 0.15) is 34.1 Å². The minimum absolute atomic E-state index is 0.355. The average molecular weight is 231 g/mol. The van der Waals surface area contributed by atoms with E-state index in [0.717, 1.165) is 6.42 Å². The van der Waals surface area contributed by atoms with Crippen molar-refractivity contribution in [2.45, 2.75) is 40.2 Å². The molecular formula is C11H21NO4. The van der Waals surface area contributed by atoms with Gasteiger partial charge in [0, 0.05) is 0 Å². The summed E-state index contributed by atoms with van der Waals surface area (Å²) in [5, 5.41) is 2.48. The molecule has 94 valence electrons. The van der Waals surface area contributed by atoms with Crippen LogP contribution in [-0.4, -0.2) is 31.8 Å². The van der Waals surface area contributed by atoms with E-state index in [9.17, 15) is 9.59 Å². The summed E-state index contributed by atoms with van der Waals surface area (Å²) in [6.45, 7) is 7.81. The highest BCUT2D eigenvalue weighted by molar-refractivity contribution is 5.82. The molecule has 1 unspecified atom stereocenters. The summed E-state index contributed by atoms with van der Waals surface area (Å²) in [7, 11) is 1.26. The molecule has 16 heavy (non-hydrogen) atoms. The summed E-state index contributed by atoms with van der Waals surface area (Å²) in [6, 6.07) is -0.702. The van der Waals surface area contributed by atoms with Gasteiger partial charge in [-0.25, -0.2) is 9.59 Å². The molecular weight excluding hydrogens is 210 g/mol. The van der Waals surface area contributed by atoms with Gasteiger partial charge in [0.1, 0.15) is 6.04 Å². The Kier molecular flexibility index (Phi) is 5.85. The molecule has 5 nitrogen and oxygen atoms in total. The maximum Gasteiger partial charge on any atom is 0.407 e. The number of carbonyl (C=O) groups is 2. The Balaban J connectivity index is 4.55. The van der Waals surface area contributed by atoms with Gasteiger partial charge in [0.05, 0.1) is 13.7 Å². The van der Waals surface area contributed by atoms with Crippen LogP contribution in [-0.2, 0) is 14.3 Å². The van der Waals surface area contributed by atoms with E-state index >= 15 is 0 Å². The van der Waals surface area contributed by atoms with Crippen LogP contribution >= 0.6 is 0 Å². The van der Waals surface area contributed by atoms with Crippen LogP contribution in [0.3, 0.4) is 0 Å². The van der Waals surface area contributed by atoms with Crippen molar-refractivity contribution in [1.82, 2.24) is 5.32 Å². The quantitative estimate of drug-likeness (QED) is 0.748. The molecule has 1 amide bonds. The third-order valence-corrected chi connectivity index (χ3v) is 2.00. The molecule has 0 aliphatic heterocycles. The van der Waals surface area contributed by atoms with E-state index in [4.69, 9.17) is 4.74 Å². The average Bonchev–Trinajstić information content (AvgIpc) is 2.20. The number of rotatable bonds is 4. The highest BCUT2D eigenvalue weighted by Crippen LogP contribution is 2.20. The fraction of sp³-hybridized carbons (Fsp3) is 0.818. The SMILES string of the molecule is CCCOC(=O)C(NC(=O)OC)C(C)(C)C. The van der Waals surface area contributed by atoms with Crippen molar-refractivity contribution in [3.8, 4) is 0 Å². The molecule has 5 heteroatoms. The minimum Gasteiger partial charge on any atom is -0.464 e. The van der Waals surface area contributed by atoms with E-state index in [0.29, 0.717) is 6.61 Å². The van der Waals surface area contributed by atoms with E-state index < -0.39 is 23.5 Å². The maximum atomic E-state index is 11.7. The Labute approximate surface area is 96.5 Å². The van der Waals surface area contributed by atoms with E-state index in [1.807, 2.05) is 27.7 Å². The molecule has 0 rings (SSSR count). The van der Waals surface area contributed by atoms with Gasteiger partial charge in [-0.1, -0.05) is 27.7 Å². The molecule has 0 saturated heterocycles. The summed E-state index contributed by atoms with van der Waals surface area (Å²) in [5.41, 5.74) is -0.418. The highest BCUT2D eigenvalue weighted by atomic mass is 16.5. The Morgan fingerprint density at radius 3 is 2.25 bits per heavy atom. The molecule has 0 heterocycles. The number of nitrogens with one attached hydrogen (secondary N) is 1. The van der Waals surface area contributed by atoms with Gasteiger partial charge in [0.25, 0.3) is 0 Å². The van der Waals surface area contributed by atoms with Crippen LogP contribution in [0.4, 0.5) is 4.79 Å². The Bertz CT molecular complexity index is 245. The molecule has 1 atom stereocenters. The van der Waals surface area contributed by atoms with E-state index in [1.54, 1.807) is 0 Å². The van der Waals surface area contributed by atoms with Gasteiger partial charge in [-0.2, -0.15) is 0 Å². The fourth-order valence-corrected chi connectivity index (χ4v) is 1.09. The molecule has 0 spiro atoms. The Hall–Kier alpha value is -1.26. The van der Waals surface area contributed by atoms with Gasteiger partial charge in [0.15, 0.2) is 0 Å². The molecule has 0 radical (unpaired) electrons. The Morgan fingerprint density at radius 2 is 1.88 bits per heavy atom. The lowest BCUT2D eigenvalue weighted by Gasteiger charge is -2.28. The summed E-state index contributed by atoms with van der Waals surface area (Å²) in [4.78, 5) is 22.8. The van der Waals surface area contributed by atoms with Gasteiger partial charge in [-0.15, -0.1) is 0 Å². The topological polar surface area (TPSA) is 64.6 Å². The molecule has 0 aromatic rings.